The Morgan fingerprint density at radius 2 is 2.12 bits per heavy atom. The quantitative estimate of drug-likeness (QED) is 0.681. The number of ether oxygens (including phenoxy) is 1. The topological polar surface area (TPSA) is 73.9 Å². The third kappa shape index (κ3) is 3.99. The molecule has 3 aliphatic rings. The highest BCUT2D eigenvalue weighted by Crippen LogP contribution is 2.36. The average molecular weight is 352 g/mol. The summed E-state index contributed by atoms with van der Waals surface area (Å²) in [6, 6.07) is 0.444. The molecule has 0 aromatic carbocycles. The van der Waals surface area contributed by atoms with Gasteiger partial charge in [-0.05, 0) is 46.0 Å². The molecule has 3 fully saturated rings. The van der Waals surface area contributed by atoms with Crippen LogP contribution in [0.25, 0.3) is 0 Å². The highest BCUT2D eigenvalue weighted by Gasteiger charge is 2.50. The fourth-order valence-corrected chi connectivity index (χ4v) is 4.43. The zero-order valence-electron chi connectivity index (χ0n) is 15.7. The van der Waals surface area contributed by atoms with Crippen LogP contribution in [-0.2, 0) is 14.3 Å². The van der Waals surface area contributed by atoms with Gasteiger partial charge in [-0.25, -0.2) is 5.01 Å². The summed E-state index contributed by atoms with van der Waals surface area (Å²) in [6.45, 7) is 6.22. The van der Waals surface area contributed by atoms with Gasteiger partial charge in [0.1, 0.15) is 6.04 Å². The molecule has 0 spiro atoms. The van der Waals surface area contributed by atoms with Crippen LogP contribution in [0.5, 0.6) is 0 Å². The summed E-state index contributed by atoms with van der Waals surface area (Å²) < 4.78 is 5.50. The highest BCUT2D eigenvalue weighted by molar-refractivity contribution is 5.84. The van der Waals surface area contributed by atoms with Crippen LogP contribution >= 0.6 is 0 Å². The largest absolute Gasteiger partial charge is 0.379 e. The molecule has 4 unspecified atom stereocenters. The Bertz CT molecular complexity index is 499. The molecule has 1 saturated carbocycles. The number of carbonyl (C=O) groups excluding carboxylic acids is 2. The monoisotopic (exact) mass is 352 g/mol. The van der Waals surface area contributed by atoms with Crippen molar-refractivity contribution in [2.24, 2.45) is 5.92 Å². The van der Waals surface area contributed by atoms with Crippen LogP contribution in [-0.4, -0.2) is 72.7 Å². The lowest BCUT2D eigenvalue weighted by Crippen LogP contribution is -2.67. The van der Waals surface area contributed by atoms with Gasteiger partial charge in [-0.2, -0.15) is 0 Å². The van der Waals surface area contributed by atoms with Crippen molar-refractivity contribution < 1.29 is 14.3 Å². The number of hydrogen-bond donors (Lipinski definition) is 2. The Hall–Kier alpha value is -1.18. The van der Waals surface area contributed by atoms with Crippen molar-refractivity contribution in [3.05, 3.63) is 0 Å². The first kappa shape index (κ1) is 18.6. The second kappa shape index (κ2) is 8.01. The number of nitrogens with one attached hydrogen (secondary N) is 2. The molecule has 2 saturated heterocycles. The van der Waals surface area contributed by atoms with Gasteiger partial charge in [-0.3, -0.25) is 15.0 Å². The van der Waals surface area contributed by atoms with Gasteiger partial charge in [-0.1, -0.05) is 0 Å². The molecule has 7 heteroatoms. The molecule has 0 bridgehead atoms. The minimum absolute atomic E-state index is 0.00155. The molecule has 0 radical (unpaired) electrons. The van der Waals surface area contributed by atoms with Crippen LogP contribution in [0.3, 0.4) is 0 Å². The van der Waals surface area contributed by atoms with Crippen LogP contribution in [0, 0.1) is 5.92 Å². The number of amides is 2. The Morgan fingerprint density at radius 1 is 1.32 bits per heavy atom. The molecule has 25 heavy (non-hydrogen) atoms. The van der Waals surface area contributed by atoms with Crippen LogP contribution in [0.1, 0.15) is 46.0 Å². The molecular formula is C18H32N4O3. The lowest BCUT2D eigenvalue weighted by atomic mass is 9.79. The first-order chi connectivity index (χ1) is 12.0. The molecular weight excluding hydrogens is 320 g/mol. The minimum Gasteiger partial charge on any atom is -0.379 e. The smallest absolute Gasteiger partial charge is 0.241 e. The predicted octanol–water partition coefficient (Wildman–Crippen LogP) is 0.506. The predicted molar refractivity (Wildman–Crippen MR) is 94.6 cm³/mol. The van der Waals surface area contributed by atoms with Crippen molar-refractivity contribution >= 4 is 11.8 Å². The Labute approximate surface area is 150 Å². The Kier molecular flexibility index (Phi) is 5.96. The second-order valence-electron chi connectivity index (χ2n) is 7.78. The summed E-state index contributed by atoms with van der Waals surface area (Å²) in [4.78, 5) is 27.0. The van der Waals surface area contributed by atoms with E-state index in [-0.39, 0.29) is 35.9 Å². The van der Waals surface area contributed by atoms with Crippen molar-refractivity contribution in [1.29, 1.82) is 0 Å². The number of piperazine rings is 1. The van der Waals surface area contributed by atoms with Gasteiger partial charge in [0.2, 0.25) is 11.8 Å². The maximum absolute atomic E-state index is 12.6. The molecule has 2 amide bonds. The third-order valence-electron chi connectivity index (χ3n) is 5.76. The first-order valence-corrected chi connectivity index (χ1v) is 9.67. The van der Waals surface area contributed by atoms with Crippen molar-refractivity contribution in [2.45, 2.75) is 70.2 Å². The van der Waals surface area contributed by atoms with Crippen LogP contribution in [0.15, 0.2) is 0 Å². The SMILES string of the molecule is CC(C)OCCCNC(=O)C1CCC2C(C1)N(C)C(=O)C1CCNN12. The number of nitrogens with zero attached hydrogens (tertiary/aromatic N) is 2. The van der Waals surface area contributed by atoms with Crippen LogP contribution in [0.4, 0.5) is 0 Å². The van der Waals surface area contributed by atoms with Gasteiger partial charge in [-0.15, -0.1) is 0 Å². The summed E-state index contributed by atoms with van der Waals surface area (Å²) in [5, 5.41) is 5.21. The van der Waals surface area contributed by atoms with E-state index in [1.807, 2.05) is 25.8 Å². The summed E-state index contributed by atoms with van der Waals surface area (Å²) in [5.41, 5.74) is 3.38. The number of likely N-dealkylation sites (N-methyl/N-ethyl adjacent to an activating group) is 1. The third-order valence-corrected chi connectivity index (χ3v) is 5.76. The highest BCUT2D eigenvalue weighted by atomic mass is 16.5. The molecule has 4 atom stereocenters. The zero-order valence-corrected chi connectivity index (χ0v) is 15.7. The van der Waals surface area contributed by atoms with Gasteiger partial charge >= 0.3 is 0 Å². The average Bonchev–Trinajstić information content (AvgIpc) is 3.08. The number of hydrogen-bond acceptors (Lipinski definition) is 5. The normalized spacial score (nSPS) is 32.6. The van der Waals surface area contributed by atoms with Crippen LogP contribution < -0.4 is 10.7 Å². The van der Waals surface area contributed by atoms with Gasteiger partial charge in [0, 0.05) is 44.7 Å². The molecule has 142 valence electrons. The Balaban J connectivity index is 1.50. The summed E-state index contributed by atoms with van der Waals surface area (Å²) in [6.07, 6.45) is 4.55. The van der Waals surface area contributed by atoms with Gasteiger partial charge in [0.05, 0.1) is 6.10 Å². The van der Waals surface area contributed by atoms with Crippen molar-refractivity contribution in [3.63, 3.8) is 0 Å². The van der Waals surface area contributed by atoms with Crippen LogP contribution in [0.2, 0.25) is 0 Å². The molecule has 0 aromatic rings. The number of hydrazine groups is 1. The zero-order chi connectivity index (χ0) is 18.0. The van der Waals surface area contributed by atoms with Gasteiger partial charge < -0.3 is 15.0 Å². The van der Waals surface area contributed by atoms with E-state index in [2.05, 4.69) is 15.8 Å². The first-order valence-electron chi connectivity index (χ1n) is 9.67. The maximum atomic E-state index is 12.6. The number of carbonyl (C=O) groups is 2. The Morgan fingerprint density at radius 3 is 2.88 bits per heavy atom. The van der Waals surface area contributed by atoms with E-state index < -0.39 is 0 Å². The molecule has 0 aromatic heterocycles. The molecule has 3 rings (SSSR count). The minimum atomic E-state index is -0.0161. The standard InChI is InChI=1S/C18H32N4O3/c1-12(2)25-10-4-8-19-17(23)13-5-6-14-16(11-13)21(3)18(24)15-7-9-20-22(14)15/h12-16,20H,4-11H2,1-3H3,(H,19,23). The summed E-state index contributed by atoms with van der Waals surface area (Å²) >= 11 is 0. The fourth-order valence-electron chi connectivity index (χ4n) is 4.43. The van der Waals surface area contributed by atoms with Gasteiger partial charge in [0.15, 0.2) is 0 Å². The summed E-state index contributed by atoms with van der Waals surface area (Å²) in [5.74, 6) is 0.320. The van der Waals surface area contributed by atoms with Gasteiger partial charge in [0.25, 0.3) is 0 Å². The van der Waals surface area contributed by atoms with Crippen molar-refractivity contribution in [2.75, 3.05) is 26.7 Å². The fraction of sp³-hybridized carbons (Fsp3) is 0.889. The van der Waals surface area contributed by atoms with E-state index in [9.17, 15) is 9.59 Å². The van der Waals surface area contributed by atoms with E-state index in [1.165, 1.54) is 0 Å². The lowest BCUT2D eigenvalue weighted by molar-refractivity contribution is -0.153. The van der Waals surface area contributed by atoms with Crippen molar-refractivity contribution in [1.82, 2.24) is 20.7 Å². The van der Waals surface area contributed by atoms with E-state index >= 15 is 0 Å². The molecule has 7 nitrogen and oxygen atoms in total. The van der Waals surface area contributed by atoms with E-state index in [4.69, 9.17) is 4.74 Å². The number of rotatable bonds is 6. The number of fused-ring (bicyclic) bond motifs is 3. The lowest BCUT2D eigenvalue weighted by Gasteiger charge is -2.50. The molecule has 2 heterocycles. The molecule has 2 N–H and O–H groups in total. The maximum Gasteiger partial charge on any atom is 0.241 e. The van der Waals surface area contributed by atoms with E-state index in [0.717, 1.165) is 38.6 Å². The second-order valence-corrected chi connectivity index (χ2v) is 7.78. The summed E-state index contributed by atoms with van der Waals surface area (Å²) in [7, 11) is 1.90. The molecule has 2 aliphatic heterocycles. The van der Waals surface area contributed by atoms with E-state index in [0.29, 0.717) is 19.2 Å². The van der Waals surface area contributed by atoms with Crippen molar-refractivity contribution in [3.8, 4) is 0 Å². The molecule has 1 aliphatic carbocycles. The van der Waals surface area contributed by atoms with E-state index in [1.54, 1.807) is 0 Å².